The normalized spacial score (nSPS) is 13.8. The maximum Gasteiger partial charge on any atom is 0.311 e. The molecule has 0 aliphatic carbocycles. The molecule has 0 atom stereocenters. The first-order chi connectivity index (χ1) is 11.1. The minimum absolute atomic E-state index is 0.245. The lowest BCUT2D eigenvalue weighted by Crippen LogP contribution is -2.29. The van der Waals surface area contributed by atoms with Crippen LogP contribution >= 0.6 is 11.6 Å². The van der Waals surface area contributed by atoms with Crippen molar-refractivity contribution < 1.29 is 9.53 Å². The molecule has 23 heavy (non-hydrogen) atoms. The topological polar surface area (TPSA) is 60.3 Å². The van der Waals surface area contributed by atoms with E-state index in [-0.39, 0.29) is 12.4 Å². The van der Waals surface area contributed by atoms with Gasteiger partial charge in [-0.1, -0.05) is 18.5 Å². The van der Waals surface area contributed by atoms with Crippen LogP contribution in [0.25, 0.3) is 0 Å². The number of esters is 1. The Morgan fingerprint density at radius 2 is 2.22 bits per heavy atom. The van der Waals surface area contributed by atoms with Crippen LogP contribution in [0, 0.1) is 0 Å². The Kier molecular flexibility index (Phi) is 4.52. The van der Waals surface area contributed by atoms with Crippen LogP contribution in [0.1, 0.15) is 24.7 Å². The monoisotopic (exact) mass is 334 g/mol. The fourth-order valence-corrected chi connectivity index (χ4v) is 3.00. The molecule has 3 heterocycles. The lowest BCUT2D eigenvalue weighted by Gasteiger charge is -2.28. The predicted molar refractivity (Wildman–Crippen MR) is 88.2 cm³/mol. The number of ether oxygens (including phenoxy) is 1. The van der Waals surface area contributed by atoms with Crippen LogP contribution in [0.5, 0.6) is 0 Å². The van der Waals surface area contributed by atoms with E-state index in [2.05, 4.69) is 14.5 Å². The van der Waals surface area contributed by atoms with Gasteiger partial charge in [0.25, 0.3) is 0 Å². The van der Waals surface area contributed by atoms with Gasteiger partial charge in [-0.15, -0.1) is 0 Å². The first-order valence-corrected chi connectivity index (χ1v) is 8.06. The van der Waals surface area contributed by atoms with Crippen molar-refractivity contribution in [2.24, 2.45) is 0 Å². The fourth-order valence-electron chi connectivity index (χ4n) is 2.88. The van der Waals surface area contributed by atoms with E-state index in [1.54, 1.807) is 6.20 Å². The van der Waals surface area contributed by atoms with E-state index in [9.17, 15) is 4.79 Å². The number of halogens is 1. The fraction of sp³-hybridized carbons (Fsp3) is 0.438. The zero-order valence-electron chi connectivity index (χ0n) is 13.3. The highest BCUT2D eigenvalue weighted by Gasteiger charge is 2.26. The minimum Gasteiger partial charge on any atom is -0.469 e. The van der Waals surface area contributed by atoms with Gasteiger partial charge in [0.15, 0.2) is 0 Å². The summed E-state index contributed by atoms with van der Waals surface area (Å²) < 4.78 is 6.92. The first-order valence-electron chi connectivity index (χ1n) is 7.68. The summed E-state index contributed by atoms with van der Waals surface area (Å²) in [5, 5.41) is 0.606. The van der Waals surface area contributed by atoms with E-state index < -0.39 is 0 Å². The quantitative estimate of drug-likeness (QED) is 0.805. The average molecular weight is 335 g/mol. The number of anilines is 2. The number of carbonyl (C=O) groups excluding carboxylic acids is 1. The third-order valence-corrected chi connectivity index (χ3v) is 4.23. The second-order valence-electron chi connectivity index (χ2n) is 5.40. The predicted octanol–water partition coefficient (Wildman–Crippen LogP) is 2.75. The molecule has 0 saturated carbocycles. The van der Waals surface area contributed by atoms with Crippen molar-refractivity contribution in [1.29, 1.82) is 0 Å². The molecule has 3 rings (SSSR count). The largest absolute Gasteiger partial charge is 0.469 e. The van der Waals surface area contributed by atoms with E-state index in [0.717, 1.165) is 49.1 Å². The van der Waals surface area contributed by atoms with E-state index in [1.165, 1.54) is 7.11 Å². The van der Waals surface area contributed by atoms with Gasteiger partial charge < -0.3 is 9.30 Å². The van der Waals surface area contributed by atoms with Crippen molar-refractivity contribution in [3.05, 3.63) is 34.7 Å². The highest BCUT2D eigenvalue weighted by atomic mass is 35.5. The van der Waals surface area contributed by atoms with Gasteiger partial charge in [-0.25, -0.2) is 9.97 Å². The Morgan fingerprint density at radius 1 is 1.39 bits per heavy atom. The zero-order valence-corrected chi connectivity index (χ0v) is 14.0. The van der Waals surface area contributed by atoms with Gasteiger partial charge in [0, 0.05) is 19.3 Å². The van der Waals surface area contributed by atoms with E-state index in [0.29, 0.717) is 5.02 Å². The maximum atomic E-state index is 11.7. The number of fused-ring (bicyclic) bond motifs is 1. The van der Waals surface area contributed by atoms with Crippen molar-refractivity contribution >= 4 is 29.3 Å². The highest BCUT2D eigenvalue weighted by Crippen LogP contribution is 2.31. The number of hydrogen-bond donors (Lipinski definition) is 0. The van der Waals surface area contributed by atoms with Gasteiger partial charge in [0.05, 0.1) is 29.9 Å². The number of carbonyl (C=O) groups is 1. The third kappa shape index (κ3) is 3.03. The number of methoxy groups -OCH3 is 1. The molecule has 122 valence electrons. The zero-order chi connectivity index (χ0) is 16.4. The van der Waals surface area contributed by atoms with Gasteiger partial charge in [-0.3, -0.25) is 9.69 Å². The Morgan fingerprint density at radius 3 is 2.87 bits per heavy atom. The van der Waals surface area contributed by atoms with Crippen molar-refractivity contribution in [3.8, 4) is 0 Å². The van der Waals surface area contributed by atoms with Crippen LogP contribution < -0.4 is 4.90 Å². The molecule has 0 spiro atoms. The summed E-state index contributed by atoms with van der Waals surface area (Å²) in [6, 6.07) is 3.71. The number of imidazole rings is 1. The molecule has 0 amide bonds. The number of aromatic nitrogens is 3. The van der Waals surface area contributed by atoms with Crippen molar-refractivity contribution in [3.63, 3.8) is 0 Å². The smallest absolute Gasteiger partial charge is 0.311 e. The van der Waals surface area contributed by atoms with E-state index in [1.807, 2.05) is 19.1 Å². The Hall–Kier alpha value is -2.08. The summed E-state index contributed by atoms with van der Waals surface area (Å²) in [6.45, 7) is 3.73. The molecule has 0 fully saturated rings. The maximum absolute atomic E-state index is 11.7. The van der Waals surface area contributed by atoms with Crippen LogP contribution in [0.2, 0.25) is 5.02 Å². The van der Waals surface area contributed by atoms with E-state index in [4.69, 9.17) is 21.3 Å². The number of pyridine rings is 1. The molecule has 6 nitrogen and oxygen atoms in total. The molecule has 0 radical (unpaired) electrons. The molecule has 1 aliphatic rings. The summed E-state index contributed by atoms with van der Waals surface area (Å²) in [5.74, 6) is 1.40. The summed E-state index contributed by atoms with van der Waals surface area (Å²) in [4.78, 5) is 22.9. The molecule has 2 aromatic rings. The number of hydrogen-bond acceptors (Lipinski definition) is 5. The Bertz CT molecular complexity index is 712. The summed E-state index contributed by atoms with van der Waals surface area (Å²) in [5.41, 5.74) is 1.87. The number of nitrogens with zero attached hydrogens (tertiary/aromatic N) is 4. The molecule has 0 N–H and O–H groups in total. The minimum atomic E-state index is -0.246. The molecule has 7 heteroatoms. The second-order valence-corrected chi connectivity index (χ2v) is 5.84. The standard InChI is InChI=1S/C16H19ClN4O2/c1-3-12-13(9-15(22)23-2)20-7-4-8-21(16(20)19-12)14-6-5-11(17)10-18-14/h5-6,10H,3-4,7-9H2,1-2H3. The third-order valence-electron chi connectivity index (χ3n) is 4.00. The van der Waals surface area contributed by atoms with Crippen molar-refractivity contribution in [2.75, 3.05) is 18.6 Å². The van der Waals surface area contributed by atoms with Crippen LogP contribution in [0.4, 0.5) is 11.8 Å². The van der Waals surface area contributed by atoms with Crippen molar-refractivity contribution in [1.82, 2.24) is 14.5 Å². The molecule has 0 aromatic carbocycles. The highest BCUT2D eigenvalue weighted by molar-refractivity contribution is 6.30. The summed E-state index contributed by atoms with van der Waals surface area (Å²) in [7, 11) is 1.41. The Balaban J connectivity index is 2.01. The van der Waals surface area contributed by atoms with Gasteiger partial charge in [-0.05, 0) is 25.0 Å². The summed E-state index contributed by atoms with van der Waals surface area (Å²) >= 11 is 5.92. The lowest BCUT2D eigenvalue weighted by molar-refractivity contribution is -0.139. The SMILES string of the molecule is CCc1nc2n(c1CC(=O)OC)CCCN2c1ccc(Cl)cn1. The summed E-state index contributed by atoms with van der Waals surface area (Å²) in [6.07, 6.45) is 3.61. The van der Waals surface area contributed by atoms with Crippen LogP contribution in [-0.2, 0) is 28.9 Å². The molecule has 2 aromatic heterocycles. The molecular formula is C16H19ClN4O2. The van der Waals surface area contributed by atoms with Crippen molar-refractivity contribution in [2.45, 2.75) is 32.7 Å². The first kappa shape index (κ1) is 15.8. The molecular weight excluding hydrogens is 316 g/mol. The Labute approximate surface area is 140 Å². The van der Waals surface area contributed by atoms with E-state index >= 15 is 0 Å². The molecule has 0 bridgehead atoms. The number of rotatable bonds is 4. The van der Waals surface area contributed by atoms with Gasteiger partial charge >= 0.3 is 5.97 Å². The lowest BCUT2D eigenvalue weighted by atomic mass is 10.2. The molecule has 0 unspecified atom stereocenters. The molecule has 0 saturated heterocycles. The van der Waals surface area contributed by atoms with Crippen LogP contribution in [0.3, 0.4) is 0 Å². The van der Waals surface area contributed by atoms with Crippen LogP contribution in [-0.4, -0.2) is 34.2 Å². The average Bonchev–Trinajstić information content (AvgIpc) is 2.93. The van der Waals surface area contributed by atoms with Gasteiger partial charge in [0.1, 0.15) is 5.82 Å². The van der Waals surface area contributed by atoms with Gasteiger partial charge in [0.2, 0.25) is 5.95 Å². The number of aryl methyl sites for hydroxylation is 1. The second kappa shape index (κ2) is 6.58. The van der Waals surface area contributed by atoms with Gasteiger partial charge in [-0.2, -0.15) is 0 Å². The molecule has 1 aliphatic heterocycles. The van der Waals surface area contributed by atoms with Crippen LogP contribution in [0.15, 0.2) is 18.3 Å².